The van der Waals surface area contributed by atoms with Crippen molar-refractivity contribution in [1.29, 1.82) is 0 Å². The van der Waals surface area contributed by atoms with Crippen LogP contribution in [0.2, 0.25) is 0 Å². The molecule has 2 rings (SSSR count). The maximum absolute atomic E-state index is 4.41. The molecule has 0 N–H and O–H groups in total. The summed E-state index contributed by atoms with van der Waals surface area (Å²) in [7, 11) is 2.04. The van der Waals surface area contributed by atoms with E-state index in [2.05, 4.69) is 34.5 Å². The van der Waals surface area contributed by atoms with Gasteiger partial charge in [-0.15, -0.1) is 12.6 Å². The number of aryl methyl sites for hydroxylation is 1. The molecule has 0 saturated heterocycles. The summed E-state index contributed by atoms with van der Waals surface area (Å²) in [5.74, 6) is 1.04. The molecule has 0 spiro atoms. The number of rotatable bonds is 2. The molecule has 0 aliphatic heterocycles. The Hall–Kier alpha value is -1.23. The Labute approximate surface area is 94.3 Å². The number of fused-ring (bicyclic) bond motifs is 1. The van der Waals surface area contributed by atoms with Gasteiger partial charge >= 0.3 is 0 Å². The zero-order valence-corrected chi connectivity index (χ0v) is 9.99. The van der Waals surface area contributed by atoms with Gasteiger partial charge < -0.3 is 4.90 Å². The summed E-state index contributed by atoms with van der Waals surface area (Å²) >= 11 is 4.33. The molecule has 2 aromatic heterocycles. The van der Waals surface area contributed by atoms with Crippen LogP contribution in [0.15, 0.2) is 17.2 Å². The van der Waals surface area contributed by atoms with E-state index in [9.17, 15) is 0 Å². The Balaban J connectivity index is 2.72. The molecule has 15 heavy (non-hydrogen) atoms. The molecule has 0 aliphatic rings. The van der Waals surface area contributed by atoms with Crippen LogP contribution in [0.25, 0.3) is 5.65 Å². The smallest absolute Gasteiger partial charge is 0.171 e. The number of hydrogen-bond donors (Lipinski definition) is 1. The van der Waals surface area contributed by atoms with Crippen molar-refractivity contribution in [2.45, 2.75) is 18.7 Å². The average molecular weight is 222 g/mol. The van der Waals surface area contributed by atoms with E-state index in [1.165, 1.54) is 0 Å². The molecule has 2 heterocycles. The van der Waals surface area contributed by atoms with Crippen LogP contribution < -0.4 is 4.90 Å². The fourth-order valence-electron chi connectivity index (χ4n) is 1.49. The average Bonchev–Trinajstić information content (AvgIpc) is 2.58. The zero-order valence-electron chi connectivity index (χ0n) is 9.10. The van der Waals surface area contributed by atoms with Crippen LogP contribution in [-0.4, -0.2) is 28.2 Å². The summed E-state index contributed by atoms with van der Waals surface area (Å²) in [5, 5.41) is 4.26. The molecule has 0 saturated carbocycles. The van der Waals surface area contributed by atoms with E-state index in [4.69, 9.17) is 0 Å². The van der Waals surface area contributed by atoms with Crippen LogP contribution in [0.5, 0.6) is 0 Å². The number of anilines is 1. The molecule has 0 bridgehead atoms. The molecule has 0 amide bonds. The first-order valence-electron chi connectivity index (χ1n) is 4.89. The maximum atomic E-state index is 4.41. The maximum Gasteiger partial charge on any atom is 0.171 e. The van der Waals surface area contributed by atoms with E-state index in [0.717, 1.165) is 28.6 Å². The van der Waals surface area contributed by atoms with Gasteiger partial charge in [0.25, 0.3) is 0 Å². The predicted molar refractivity (Wildman–Crippen MR) is 63.9 cm³/mol. The molecule has 0 radical (unpaired) electrons. The fourth-order valence-corrected chi connectivity index (χ4v) is 1.68. The Bertz CT molecular complexity index is 491. The van der Waals surface area contributed by atoms with Crippen molar-refractivity contribution in [3.8, 4) is 0 Å². The topological polar surface area (TPSA) is 33.4 Å². The summed E-state index contributed by atoms with van der Waals surface area (Å²) in [6.45, 7) is 5.01. The largest absolute Gasteiger partial charge is 0.360 e. The molecular weight excluding hydrogens is 208 g/mol. The van der Waals surface area contributed by atoms with Gasteiger partial charge in [0.1, 0.15) is 5.82 Å². The normalized spacial score (nSPS) is 10.9. The molecule has 2 aromatic rings. The van der Waals surface area contributed by atoms with Gasteiger partial charge in [0.05, 0.1) is 11.1 Å². The van der Waals surface area contributed by atoms with Gasteiger partial charge in [0.15, 0.2) is 5.65 Å². The van der Waals surface area contributed by atoms with Gasteiger partial charge in [-0.05, 0) is 13.8 Å². The lowest BCUT2D eigenvalue weighted by Crippen LogP contribution is -2.19. The molecule has 0 fully saturated rings. The van der Waals surface area contributed by atoms with E-state index in [0.29, 0.717) is 0 Å². The number of hydrogen-bond acceptors (Lipinski definition) is 4. The quantitative estimate of drug-likeness (QED) is 0.786. The van der Waals surface area contributed by atoms with Gasteiger partial charge in [-0.1, -0.05) is 0 Å². The van der Waals surface area contributed by atoms with Crippen LogP contribution in [0.1, 0.15) is 12.6 Å². The number of thiol groups is 1. The highest BCUT2D eigenvalue weighted by molar-refractivity contribution is 7.80. The molecule has 0 aromatic carbocycles. The Morgan fingerprint density at radius 1 is 1.53 bits per heavy atom. The van der Waals surface area contributed by atoms with E-state index in [1.54, 1.807) is 6.20 Å². The summed E-state index contributed by atoms with van der Waals surface area (Å²) in [4.78, 5) is 7.35. The van der Waals surface area contributed by atoms with Crippen LogP contribution in [0.4, 0.5) is 5.82 Å². The fraction of sp³-hybridized carbons (Fsp3) is 0.400. The van der Waals surface area contributed by atoms with Crippen molar-refractivity contribution in [1.82, 2.24) is 14.6 Å². The van der Waals surface area contributed by atoms with Crippen molar-refractivity contribution in [2.75, 3.05) is 18.5 Å². The molecule has 0 unspecified atom stereocenters. The van der Waals surface area contributed by atoms with E-state index in [-0.39, 0.29) is 0 Å². The van der Waals surface area contributed by atoms with Crippen molar-refractivity contribution < 1.29 is 0 Å². The number of aromatic nitrogens is 3. The Morgan fingerprint density at radius 3 is 2.93 bits per heavy atom. The Morgan fingerprint density at radius 2 is 2.27 bits per heavy atom. The third kappa shape index (κ3) is 1.67. The minimum Gasteiger partial charge on any atom is -0.360 e. The predicted octanol–water partition coefficient (Wildman–Crippen LogP) is 1.78. The third-order valence-electron chi connectivity index (χ3n) is 2.43. The van der Waals surface area contributed by atoms with Crippen molar-refractivity contribution in [2.24, 2.45) is 0 Å². The van der Waals surface area contributed by atoms with Gasteiger partial charge in [-0.25, -0.2) is 4.98 Å². The zero-order chi connectivity index (χ0) is 11.0. The first-order chi connectivity index (χ1) is 7.13. The lowest BCUT2D eigenvalue weighted by molar-refractivity contribution is 0.848. The molecule has 5 heteroatoms. The summed E-state index contributed by atoms with van der Waals surface area (Å²) in [6.07, 6.45) is 1.72. The van der Waals surface area contributed by atoms with E-state index < -0.39 is 0 Å². The standard InChI is InChI=1S/C10H14N4S/c1-4-13(3)9-5-7(2)12-10-8(15)6-11-14(9)10/h5-6,15H,4H2,1-3H3. The SMILES string of the molecule is CCN(C)c1cc(C)nc2c(S)cnn12. The first-order valence-corrected chi connectivity index (χ1v) is 5.33. The first kappa shape index (κ1) is 10.3. The monoisotopic (exact) mass is 222 g/mol. The minimum atomic E-state index is 0.810. The summed E-state index contributed by atoms with van der Waals surface area (Å²) < 4.78 is 1.82. The highest BCUT2D eigenvalue weighted by Crippen LogP contribution is 2.20. The van der Waals surface area contributed by atoms with Crippen LogP contribution in [0, 0.1) is 6.92 Å². The highest BCUT2D eigenvalue weighted by Gasteiger charge is 2.10. The second-order valence-electron chi connectivity index (χ2n) is 3.54. The summed E-state index contributed by atoms with van der Waals surface area (Å²) in [5.41, 5.74) is 1.79. The summed E-state index contributed by atoms with van der Waals surface area (Å²) in [6, 6.07) is 2.02. The van der Waals surface area contributed by atoms with Gasteiger partial charge in [-0.2, -0.15) is 9.61 Å². The lowest BCUT2D eigenvalue weighted by Gasteiger charge is -2.17. The second kappa shape index (κ2) is 3.73. The van der Waals surface area contributed by atoms with Crippen molar-refractivity contribution in [3.05, 3.63) is 18.0 Å². The van der Waals surface area contributed by atoms with Crippen LogP contribution >= 0.6 is 12.6 Å². The molecule has 0 atom stereocenters. The highest BCUT2D eigenvalue weighted by atomic mass is 32.1. The van der Waals surface area contributed by atoms with Gasteiger partial charge in [0, 0.05) is 25.4 Å². The van der Waals surface area contributed by atoms with Crippen molar-refractivity contribution in [3.63, 3.8) is 0 Å². The van der Waals surface area contributed by atoms with E-state index >= 15 is 0 Å². The Kier molecular flexibility index (Phi) is 2.56. The molecule has 80 valence electrons. The third-order valence-corrected chi connectivity index (χ3v) is 2.74. The van der Waals surface area contributed by atoms with Gasteiger partial charge in [-0.3, -0.25) is 0 Å². The van der Waals surface area contributed by atoms with Crippen LogP contribution in [0.3, 0.4) is 0 Å². The molecule has 0 aliphatic carbocycles. The van der Waals surface area contributed by atoms with Crippen molar-refractivity contribution >= 4 is 24.1 Å². The minimum absolute atomic E-state index is 0.810. The number of nitrogens with zero attached hydrogens (tertiary/aromatic N) is 4. The van der Waals surface area contributed by atoms with E-state index in [1.807, 2.05) is 24.6 Å². The van der Waals surface area contributed by atoms with Crippen LogP contribution in [-0.2, 0) is 0 Å². The molecular formula is C10H14N4S. The lowest BCUT2D eigenvalue weighted by atomic mass is 10.4. The second-order valence-corrected chi connectivity index (χ2v) is 4.02. The molecule has 4 nitrogen and oxygen atoms in total. The van der Waals surface area contributed by atoms with Gasteiger partial charge in [0.2, 0.25) is 0 Å².